The van der Waals surface area contributed by atoms with E-state index in [0.29, 0.717) is 11.1 Å². The van der Waals surface area contributed by atoms with Gasteiger partial charge in [-0.05, 0) is 5.56 Å². The standard InChI is InChI=1S/C12H17F2N3O/c13-11(14)8-17(5-6-18)7-9-3-1-2-4-10(9)12(15)16/h1-4,11,18H,5-8H2,(H3,15,16). The lowest BCUT2D eigenvalue weighted by molar-refractivity contribution is 0.0746. The lowest BCUT2D eigenvalue weighted by Crippen LogP contribution is -2.32. The number of amidine groups is 1. The molecule has 0 heterocycles. The van der Waals surface area contributed by atoms with Crippen LogP contribution in [0, 0.1) is 5.41 Å². The quantitative estimate of drug-likeness (QED) is 0.504. The molecule has 0 unspecified atom stereocenters. The van der Waals surface area contributed by atoms with Gasteiger partial charge in [-0.1, -0.05) is 24.3 Å². The summed E-state index contributed by atoms with van der Waals surface area (Å²) in [6, 6.07) is 6.93. The highest BCUT2D eigenvalue weighted by atomic mass is 19.3. The Hall–Kier alpha value is -1.53. The Bertz CT molecular complexity index is 399. The molecule has 6 heteroatoms. The molecule has 1 rings (SSSR count). The van der Waals surface area contributed by atoms with Gasteiger partial charge in [-0.3, -0.25) is 10.3 Å². The number of benzene rings is 1. The maximum Gasteiger partial charge on any atom is 0.251 e. The van der Waals surface area contributed by atoms with Crippen molar-refractivity contribution in [3.05, 3.63) is 35.4 Å². The Morgan fingerprint density at radius 2 is 2.06 bits per heavy atom. The Balaban J connectivity index is 2.82. The minimum Gasteiger partial charge on any atom is -0.395 e. The molecule has 0 radical (unpaired) electrons. The van der Waals surface area contributed by atoms with Gasteiger partial charge in [-0.2, -0.15) is 0 Å². The smallest absolute Gasteiger partial charge is 0.251 e. The molecule has 0 fully saturated rings. The molecule has 1 aromatic carbocycles. The highest BCUT2D eigenvalue weighted by Gasteiger charge is 2.14. The van der Waals surface area contributed by atoms with E-state index in [1.54, 1.807) is 24.3 Å². The molecular weight excluding hydrogens is 240 g/mol. The van der Waals surface area contributed by atoms with E-state index >= 15 is 0 Å². The van der Waals surface area contributed by atoms with Crippen molar-refractivity contribution in [2.24, 2.45) is 5.73 Å². The Kier molecular flexibility index (Phi) is 5.67. The highest BCUT2D eigenvalue weighted by Crippen LogP contribution is 2.12. The zero-order chi connectivity index (χ0) is 13.5. The lowest BCUT2D eigenvalue weighted by atomic mass is 10.1. The summed E-state index contributed by atoms with van der Waals surface area (Å²) in [7, 11) is 0. The number of aliphatic hydroxyl groups excluding tert-OH is 1. The first-order chi connectivity index (χ1) is 8.54. The number of aliphatic hydroxyl groups is 1. The van der Waals surface area contributed by atoms with Gasteiger partial charge < -0.3 is 10.8 Å². The molecular formula is C12H17F2N3O. The van der Waals surface area contributed by atoms with E-state index in [1.807, 2.05) is 0 Å². The summed E-state index contributed by atoms with van der Waals surface area (Å²) >= 11 is 0. The third-order valence-corrected chi connectivity index (χ3v) is 2.51. The highest BCUT2D eigenvalue weighted by molar-refractivity contribution is 5.96. The monoisotopic (exact) mass is 257 g/mol. The number of nitrogens with one attached hydrogen (secondary N) is 1. The van der Waals surface area contributed by atoms with E-state index < -0.39 is 13.0 Å². The minimum absolute atomic E-state index is 0.0911. The predicted octanol–water partition coefficient (Wildman–Crippen LogP) is 1.03. The summed E-state index contributed by atoms with van der Waals surface area (Å²) in [6.07, 6.45) is -2.46. The molecule has 0 spiro atoms. The van der Waals surface area contributed by atoms with Crippen LogP contribution in [-0.2, 0) is 6.54 Å². The van der Waals surface area contributed by atoms with Gasteiger partial charge in [-0.15, -0.1) is 0 Å². The number of hydrogen-bond acceptors (Lipinski definition) is 3. The van der Waals surface area contributed by atoms with Gasteiger partial charge in [0.2, 0.25) is 0 Å². The molecule has 18 heavy (non-hydrogen) atoms. The lowest BCUT2D eigenvalue weighted by Gasteiger charge is -2.22. The van der Waals surface area contributed by atoms with Crippen molar-refractivity contribution < 1.29 is 13.9 Å². The predicted molar refractivity (Wildman–Crippen MR) is 65.8 cm³/mol. The van der Waals surface area contributed by atoms with E-state index in [0.717, 1.165) is 0 Å². The first-order valence-electron chi connectivity index (χ1n) is 5.58. The van der Waals surface area contributed by atoms with Crippen molar-refractivity contribution >= 4 is 5.84 Å². The Labute approximate surface area is 105 Å². The molecule has 1 aromatic rings. The van der Waals surface area contributed by atoms with Crippen molar-refractivity contribution in [2.75, 3.05) is 19.7 Å². The summed E-state index contributed by atoms with van der Waals surface area (Å²) in [4.78, 5) is 1.44. The third kappa shape index (κ3) is 4.38. The first kappa shape index (κ1) is 14.5. The van der Waals surface area contributed by atoms with Crippen molar-refractivity contribution in [2.45, 2.75) is 13.0 Å². The molecule has 0 bridgehead atoms. The number of nitrogens with two attached hydrogens (primary N) is 1. The van der Waals surface area contributed by atoms with Crippen molar-refractivity contribution in [1.29, 1.82) is 5.41 Å². The molecule has 0 aromatic heterocycles. The van der Waals surface area contributed by atoms with Gasteiger partial charge >= 0.3 is 0 Å². The molecule has 0 atom stereocenters. The summed E-state index contributed by atoms with van der Waals surface area (Å²) < 4.78 is 24.8. The molecule has 0 aliphatic heterocycles. The summed E-state index contributed by atoms with van der Waals surface area (Å²) in [5, 5.41) is 16.3. The van der Waals surface area contributed by atoms with E-state index in [2.05, 4.69) is 0 Å². The molecule has 0 aliphatic carbocycles. The number of alkyl halides is 2. The van der Waals surface area contributed by atoms with Crippen LogP contribution in [0.1, 0.15) is 11.1 Å². The second-order valence-corrected chi connectivity index (χ2v) is 3.92. The Morgan fingerprint density at radius 3 is 2.61 bits per heavy atom. The van der Waals surface area contributed by atoms with E-state index in [1.165, 1.54) is 4.90 Å². The van der Waals surface area contributed by atoms with Crippen LogP contribution >= 0.6 is 0 Å². The second-order valence-electron chi connectivity index (χ2n) is 3.92. The van der Waals surface area contributed by atoms with Crippen LogP contribution in [0.3, 0.4) is 0 Å². The average Bonchev–Trinajstić information content (AvgIpc) is 2.28. The fraction of sp³-hybridized carbons (Fsp3) is 0.417. The van der Waals surface area contributed by atoms with Crippen molar-refractivity contribution in [3.8, 4) is 0 Å². The van der Waals surface area contributed by atoms with E-state index in [4.69, 9.17) is 16.2 Å². The zero-order valence-corrected chi connectivity index (χ0v) is 9.94. The normalized spacial score (nSPS) is 11.2. The summed E-state index contributed by atoms with van der Waals surface area (Å²) in [5.41, 5.74) is 6.68. The van der Waals surface area contributed by atoms with Crippen LogP contribution in [0.5, 0.6) is 0 Å². The molecule has 0 saturated heterocycles. The number of nitrogens with zero attached hydrogens (tertiary/aromatic N) is 1. The van der Waals surface area contributed by atoms with Gasteiger partial charge in [0.05, 0.1) is 13.2 Å². The second kappa shape index (κ2) is 7.03. The molecule has 100 valence electrons. The van der Waals surface area contributed by atoms with Crippen LogP contribution in [0.15, 0.2) is 24.3 Å². The summed E-state index contributed by atoms with van der Waals surface area (Å²) in [6.45, 7) is -0.195. The van der Waals surface area contributed by atoms with Crippen molar-refractivity contribution in [1.82, 2.24) is 4.90 Å². The largest absolute Gasteiger partial charge is 0.395 e. The van der Waals surface area contributed by atoms with Gasteiger partial charge in [0, 0.05) is 18.7 Å². The van der Waals surface area contributed by atoms with Crippen LogP contribution < -0.4 is 5.73 Å². The maximum absolute atomic E-state index is 12.4. The van der Waals surface area contributed by atoms with Crippen molar-refractivity contribution in [3.63, 3.8) is 0 Å². The van der Waals surface area contributed by atoms with Crippen LogP contribution in [-0.4, -0.2) is 42.0 Å². The first-order valence-corrected chi connectivity index (χ1v) is 5.58. The fourth-order valence-corrected chi connectivity index (χ4v) is 1.73. The van der Waals surface area contributed by atoms with Gasteiger partial charge in [-0.25, -0.2) is 8.78 Å². The maximum atomic E-state index is 12.4. The molecule has 4 N–H and O–H groups in total. The fourth-order valence-electron chi connectivity index (χ4n) is 1.73. The van der Waals surface area contributed by atoms with Gasteiger partial charge in [0.1, 0.15) is 5.84 Å². The van der Waals surface area contributed by atoms with Crippen LogP contribution in [0.2, 0.25) is 0 Å². The third-order valence-electron chi connectivity index (χ3n) is 2.51. The van der Waals surface area contributed by atoms with E-state index in [9.17, 15) is 8.78 Å². The number of nitrogen functional groups attached to an aromatic ring is 1. The number of hydrogen-bond donors (Lipinski definition) is 3. The topological polar surface area (TPSA) is 73.3 Å². The minimum atomic E-state index is -2.46. The zero-order valence-electron chi connectivity index (χ0n) is 9.94. The molecule has 4 nitrogen and oxygen atoms in total. The SMILES string of the molecule is N=C(N)c1ccccc1CN(CCO)CC(F)F. The van der Waals surface area contributed by atoms with Gasteiger partial charge in [0.25, 0.3) is 6.43 Å². The summed E-state index contributed by atoms with van der Waals surface area (Å²) in [5.74, 6) is -0.0911. The van der Waals surface area contributed by atoms with Gasteiger partial charge in [0.15, 0.2) is 0 Å². The number of rotatable bonds is 7. The molecule has 0 aliphatic rings. The average molecular weight is 257 g/mol. The van der Waals surface area contributed by atoms with Crippen LogP contribution in [0.4, 0.5) is 8.78 Å². The molecule has 0 saturated carbocycles. The molecule has 0 amide bonds. The Morgan fingerprint density at radius 1 is 1.39 bits per heavy atom. The number of halogens is 2. The van der Waals surface area contributed by atoms with Crippen LogP contribution in [0.25, 0.3) is 0 Å². The van der Waals surface area contributed by atoms with E-state index in [-0.39, 0.29) is 25.5 Å².